The van der Waals surface area contributed by atoms with E-state index in [1.54, 1.807) is 4.90 Å². The van der Waals surface area contributed by atoms with Gasteiger partial charge in [0.1, 0.15) is 11.9 Å². The van der Waals surface area contributed by atoms with Crippen LogP contribution in [0.15, 0.2) is 36.9 Å². The number of rotatable bonds is 4. The highest BCUT2D eigenvalue weighted by Crippen LogP contribution is 2.27. The van der Waals surface area contributed by atoms with Crippen LogP contribution in [0.1, 0.15) is 18.4 Å². The molecule has 5 nitrogen and oxygen atoms in total. The highest BCUT2D eigenvalue weighted by molar-refractivity contribution is 5.87. The second-order valence-electron chi connectivity index (χ2n) is 6.10. The van der Waals surface area contributed by atoms with Crippen LogP contribution in [0.3, 0.4) is 0 Å². The van der Waals surface area contributed by atoms with Gasteiger partial charge >= 0.3 is 0 Å². The van der Waals surface area contributed by atoms with Crippen molar-refractivity contribution in [3.63, 3.8) is 0 Å². The Morgan fingerprint density at radius 2 is 2.04 bits per heavy atom. The summed E-state index contributed by atoms with van der Waals surface area (Å²) in [6, 6.07) is 7.98. The maximum atomic E-state index is 12.3. The number of hydrogen-bond acceptors (Lipinski definition) is 3. The molecule has 2 aliphatic rings. The summed E-state index contributed by atoms with van der Waals surface area (Å²) in [5.74, 6) is 0.909. The van der Waals surface area contributed by atoms with Gasteiger partial charge in [-0.2, -0.15) is 0 Å². The van der Waals surface area contributed by atoms with Gasteiger partial charge in [0.2, 0.25) is 11.8 Å². The molecule has 0 aromatic heterocycles. The Balaban J connectivity index is 1.43. The summed E-state index contributed by atoms with van der Waals surface area (Å²) in [5.41, 5.74) is 1.20. The number of fused-ring (bicyclic) bond motifs is 1. The highest BCUT2D eigenvalue weighted by atomic mass is 16.5. The van der Waals surface area contributed by atoms with Gasteiger partial charge in [0.05, 0.1) is 6.54 Å². The van der Waals surface area contributed by atoms with Gasteiger partial charge in [0, 0.05) is 25.4 Å². The fraction of sp³-hybridized carbons (Fsp3) is 0.444. The van der Waals surface area contributed by atoms with Crippen LogP contribution in [0, 0.1) is 5.92 Å². The second kappa shape index (κ2) is 6.86. The zero-order valence-electron chi connectivity index (χ0n) is 13.2. The van der Waals surface area contributed by atoms with Crippen LogP contribution in [0.4, 0.5) is 0 Å². The molecule has 1 unspecified atom stereocenters. The van der Waals surface area contributed by atoms with E-state index in [9.17, 15) is 9.59 Å². The quantitative estimate of drug-likeness (QED) is 0.858. The average Bonchev–Trinajstić information content (AvgIpc) is 3.02. The minimum absolute atomic E-state index is 0.0128. The second-order valence-corrected chi connectivity index (χ2v) is 6.10. The molecule has 23 heavy (non-hydrogen) atoms. The number of hydrogen-bond donors (Lipinski definition) is 1. The molecule has 3 rings (SSSR count). The van der Waals surface area contributed by atoms with Crippen LogP contribution >= 0.6 is 0 Å². The van der Waals surface area contributed by atoms with Crippen molar-refractivity contribution in [3.05, 3.63) is 42.5 Å². The minimum Gasteiger partial charge on any atom is -0.488 e. The average molecular weight is 314 g/mol. The van der Waals surface area contributed by atoms with Crippen LogP contribution in [-0.2, 0) is 16.0 Å². The van der Waals surface area contributed by atoms with Crippen LogP contribution < -0.4 is 10.1 Å². The Labute approximate surface area is 136 Å². The number of carbonyl (C=O) groups excluding carboxylic acids is 2. The predicted octanol–water partition coefficient (Wildman–Crippen LogP) is 1.53. The lowest BCUT2D eigenvalue weighted by atomic mass is 9.95. The van der Waals surface area contributed by atoms with E-state index in [4.69, 9.17) is 4.74 Å². The molecule has 1 saturated heterocycles. The molecule has 0 saturated carbocycles. The number of carbonyl (C=O) groups is 2. The monoisotopic (exact) mass is 314 g/mol. The van der Waals surface area contributed by atoms with Crippen molar-refractivity contribution in [1.29, 1.82) is 0 Å². The fourth-order valence-electron chi connectivity index (χ4n) is 3.22. The van der Waals surface area contributed by atoms with E-state index in [2.05, 4.69) is 18.0 Å². The first-order valence-electron chi connectivity index (χ1n) is 8.11. The van der Waals surface area contributed by atoms with Gasteiger partial charge in [-0.3, -0.25) is 9.59 Å². The maximum Gasteiger partial charge on any atom is 0.245 e. The molecule has 1 atom stereocenters. The van der Waals surface area contributed by atoms with Gasteiger partial charge in [-0.15, -0.1) is 0 Å². The first-order chi connectivity index (χ1) is 11.2. The Hall–Kier alpha value is -2.30. The van der Waals surface area contributed by atoms with Crippen molar-refractivity contribution in [3.8, 4) is 5.75 Å². The lowest BCUT2D eigenvalue weighted by Gasteiger charge is -2.30. The SMILES string of the molecule is C=CC(=O)N1CCC(C(=O)NCC2Cc3ccccc3O2)CC1. The molecule has 0 aliphatic carbocycles. The third kappa shape index (κ3) is 3.55. The standard InChI is InChI=1S/C18H22N2O3/c1-2-17(21)20-9-7-13(8-10-20)18(22)19-12-15-11-14-5-3-4-6-16(14)23-15/h2-6,13,15H,1,7-12H2,(H,19,22). The molecule has 122 valence electrons. The Morgan fingerprint density at radius 3 is 2.74 bits per heavy atom. The van der Waals surface area contributed by atoms with Crippen LogP contribution in [-0.4, -0.2) is 42.5 Å². The molecule has 2 heterocycles. The number of piperidine rings is 1. The number of nitrogens with zero attached hydrogens (tertiary/aromatic N) is 1. The van der Waals surface area contributed by atoms with E-state index in [-0.39, 0.29) is 23.8 Å². The van der Waals surface area contributed by atoms with Gasteiger partial charge in [-0.05, 0) is 30.5 Å². The lowest BCUT2D eigenvalue weighted by molar-refractivity contribution is -0.132. The van der Waals surface area contributed by atoms with Crippen molar-refractivity contribution < 1.29 is 14.3 Å². The molecule has 2 amide bonds. The summed E-state index contributed by atoms with van der Waals surface area (Å²) in [7, 11) is 0. The van der Waals surface area contributed by atoms with E-state index in [1.807, 2.05) is 18.2 Å². The fourth-order valence-corrected chi connectivity index (χ4v) is 3.22. The molecule has 1 N–H and O–H groups in total. The molecule has 1 aromatic carbocycles. The maximum absolute atomic E-state index is 12.3. The summed E-state index contributed by atoms with van der Waals surface area (Å²) in [6.45, 7) is 5.26. The lowest BCUT2D eigenvalue weighted by Crippen LogP contribution is -2.44. The molecular formula is C18H22N2O3. The normalized spacial score (nSPS) is 20.5. The van der Waals surface area contributed by atoms with Gasteiger partial charge < -0.3 is 15.0 Å². The van der Waals surface area contributed by atoms with Crippen molar-refractivity contribution in [2.24, 2.45) is 5.92 Å². The number of amides is 2. The Kier molecular flexibility index (Phi) is 4.65. The molecule has 0 spiro atoms. The van der Waals surface area contributed by atoms with E-state index in [0.717, 1.165) is 12.2 Å². The molecular weight excluding hydrogens is 292 g/mol. The van der Waals surface area contributed by atoms with Crippen LogP contribution in [0.2, 0.25) is 0 Å². The van der Waals surface area contributed by atoms with Crippen LogP contribution in [0.5, 0.6) is 5.75 Å². The molecule has 0 bridgehead atoms. The summed E-state index contributed by atoms with van der Waals surface area (Å²) in [6.07, 6.45) is 3.59. The third-order valence-corrected chi connectivity index (χ3v) is 4.57. The van der Waals surface area contributed by atoms with E-state index >= 15 is 0 Å². The molecule has 0 radical (unpaired) electrons. The predicted molar refractivity (Wildman–Crippen MR) is 87.1 cm³/mol. The first kappa shape index (κ1) is 15.6. The van der Waals surface area contributed by atoms with Crippen LogP contribution in [0.25, 0.3) is 0 Å². The largest absolute Gasteiger partial charge is 0.488 e. The summed E-state index contributed by atoms with van der Waals surface area (Å²) in [5, 5.41) is 3.00. The molecule has 1 aromatic rings. The van der Waals surface area contributed by atoms with Gasteiger partial charge in [0.25, 0.3) is 0 Å². The smallest absolute Gasteiger partial charge is 0.245 e. The van der Waals surface area contributed by atoms with Crippen molar-refractivity contribution in [2.45, 2.75) is 25.4 Å². The van der Waals surface area contributed by atoms with E-state index in [1.165, 1.54) is 11.6 Å². The van der Waals surface area contributed by atoms with Gasteiger partial charge in [0.15, 0.2) is 0 Å². The van der Waals surface area contributed by atoms with Gasteiger partial charge in [-0.25, -0.2) is 0 Å². The van der Waals surface area contributed by atoms with Crippen molar-refractivity contribution in [1.82, 2.24) is 10.2 Å². The van der Waals surface area contributed by atoms with E-state index in [0.29, 0.717) is 32.5 Å². The van der Waals surface area contributed by atoms with Crippen molar-refractivity contribution in [2.75, 3.05) is 19.6 Å². The summed E-state index contributed by atoms with van der Waals surface area (Å²) in [4.78, 5) is 25.6. The summed E-state index contributed by atoms with van der Waals surface area (Å²) < 4.78 is 5.83. The molecule has 2 aliphatic heterocycles. The third-order valence-electron chi connectivity index (χ3n) is 4.57. The van der Waals surface area contributed by atoms with E-state index < -0.39 is 0 Å². The van der Waals surface area contributed by atoms with Crippen molar-refractivity contribution >= 4 is 11.8 Å². The topological polar surface area (TPSA) is 58.6 Å². The number of benzene rings is 1. The zero-order valence-corrected chi connectivity index (χ0v) is 13.2. The first-order valence-corrected chi connectivity index (χ1v) is 8.11. The highest BCUT2D eigenvalue weighted by Gasteiger charge is 2.28. The molecule has 1 fully saturated rings. The molecule has 5 heteroatoms. The Morgan fingerprint density at radius 1 is 1.30 bits per heavy atom. The number of ether oxygens (including phenoxy) is 1. The number of nitrogens with one attached hydrogen (secondary N) is 1. The number of likely N-dealkylation sites (tertiary alicyclic amines) is 1. The minimum atomic E-state index is -0.0546. The summed E-state index contributed by atoms with van der Waals surface area (Å²) >= 11 is 0. The zero-order chi connectivity index (χ0) is 16.2. The number of para-hydroxylation sites is 1. The van der Waals surface area contributed by atoms with Gasteiger partial charge in [-0.1, -0.05) is 24.8 Å². The Bertz CT molecular complexity index is 581.